The van der Waals surface area contributed by atoms with Crippen LogP contribution < -0.4 is 10.6 Å². The van der Waals surface area contributed by atoms with Crippen LogP contribution in [0.25, 0.3) is 0 Å². The number of carbonyl (C=O) groups excluding carboxylic acids is 1. The second-order valence-corrected chi connectivity index (χ2v) is 5.11. The smallest absolute Gasteiger partial charge is 0.363 e. The Balaban J connectivity index is 1.80. The second-order valence-electron chi connectivity index (χ2n) is 5.11. The molecule has 0 aromatic carbocycles. The molecule has 0 aliphatic carbocycles. The van der Waals surface area contributed by atoms with E-state index in [2.05, 4.69) is 20.6 Å². The summed E-state index contributed by atoms with van der Waals surface area (Å²) in [5, 5.41) is 5.10. The maximum Gasteiger partial charge on any atom is 0.417 e. The molecule has 0 spiro atoms. The van der Waals surface area contributed by atoms with Crippen LogP contribution in [0.3, 0.4) is 0 Å². The second kappa shape index (κ2) is 7.58. The third-order valence-electron chi connectivity index (χ3n) is 3.11. The number of halogens is 6. The van der Waals surface area contributed by atoms with Crippen LogP contribution in [0.5, 0.6) is 0 Å². The lowest BCUT2D eigenvalue weighted by Crippen LogP contribution is -2.23. The van der Waals surface area contributed by atoms with Gasteiger partial charge in [-0.3, -0.25) is 4.79 Å². The first-order valence-corrected chi connectivity index (χ1v) is 7.11. The number of anilines is 2. The van der Waals surface area contributed by atoms with Gasteiger partial charge < -0.3 is 10.6 Å². The van der Waals surface area contributed by atoms with Gasteiger partial charge in [-0.2, -0.15) is 26.3 Å². The number of rotatable bonds is 6. The Bertz CT molecular complexity index is 677. The van der Waals surface area contributed by atoms with Crippen molar-refractivity contribution >= 4 is 17.4 Å². The predicted molar refractivity (Wildman–Crippen MR) is 80.5 cm³/mol. The summed E-state index contributed by atoms with van der Waals surface area (Å²) in [6, 6.07) is 3.82. The fourth-order valence-corrected chi connectivity index (χ4v) is 1.77. The van der Waals surface area contributed by atoms with Gasteiger partial charge >= 0.3 is 12.4 Å². The van der Waals surface area contributed by atoms with Gasteiger partial charge in [0.25, 0.3) is 0 Å². The highest BCUT2D eigenvalue weighted by Crippen LogP contribution is 2.29. The molecule has 2 heterocycles. The van der Waals surface area contributed by atoms with Gasteiger partial charge in [-0.05, 0) is 24.3 Å². The Kier molecular flexibility index (Phi) is 5.68. The summed E-state index contributed by atoms with van der Waals surface area (Å²) in [5.41, 5.74) is -1.83. The number of carbonyl (C=O) groups is 1. The molecule has 0 aliphatic heterocycles. The van der Waals surface area contributed by atoms with Crippen molar-refractivity contribution in [3.8, 4) is 0 Å². The first-order chi connectivity index (χ1) is 12.1. The third-order valence-corrected chi connectivity index (χ3v) is 3.11. The molecule has 0 fully saturated rings. The van der Waals surface area contributed by atoms with Crippen LogP contribution in [-0.2, 0) is 17.1 Å². The van der Waals surface area contributed by atoms with E-state index in [4.69, 9.17) is 0 Å². The zero-order valence-electron chi connectivity index (χ0n) is 12.9. The van der Waals surface area contributed by atoms with E-state index in [0.29, 0.717) is 12.4 Å². The van der Waals surface area contributed by atoms with Gasteiger partial charge in [0.1, 0.15) is 11.6 Å². The number of nitrogens with one attached hydrogen (secondary N) is 2. The van der Waals surface area contributed by atoms with E-state index in [1.807, 2.05) is 0 Å². The monoisotopic (exact) mass is 378 g/mol. The van der Waals surface area contributed by atoms with Gasteiger partial charge in [0.05, 0.1) is 24.2 Å². The van der Waals surface area contributed by atoms with Gasteiger partial charge in [0, 0.05) is 12.4 Å². The summed E-state index contributed by atoms with van der Waals surface area (Å²) in [6.07, 6.45) is -7.73. The Labute approximate surface area is 143 Å². The van der Waals surface area contributed by atoms with Crippen LogP contribution in [0, 0.1) is 0 Å². The van der Waals surface area contributed by atoms with E-state index in [1.54, 1.807) is 0 Å². The van der Waals surface area contributed by atoms with Crippen molar-refractivity contribution < 1.29 is 31.1 Å². The lowest BCUT2D eigenvalue weighted by atomic mass is 10.2. The van der Waals surface area contributed by atoms with Gasteiger partial charge in [-0.1, -0.05) is 0 Å². The number of nitrogens with zero attached hydrogens (tertiary/aromatic N) is 2. The van der Waals surface area contributed by atoms with E-state index in [1.165, 1.54) is 0 Å². The lowest BCUT2D eigenvalue weighted by Gasteiger charge is -2.10. The molecule has 0 saturated carbocycles. The number of ketones is 1. The fraction of sp³-hybridized carbons (Fsp3) is 0.267. The van der Waals surface area contributed by atoms with Crippen LogP contribution in [-0.4, -0.2) is 28.8 Å². The van der Waals surface area contributed by atoms with Crippen LogP contribution >= 0.6 is 0 Å². The molecule has 0 radical (unpaired) electrons. The molecule has 2 N–H and O–H groups in total. The number of Topliss-reactive ketones (excluding diaryl/α,β-unsaturated/α-hetero) is 1. The number of aromatic nitrogens is 2. The molecule has 0 atom stereocenters. The van der Waals surface area contributed by atoms with Crippen molar-refractivity contribution in [3.63, 3.8) is 0 Å². The van der Waals surface area contributed by atoms with Crippen LogP contribution in [0.1, 0.15) is 11.1 Å². The number of pyridine rings is 2. The van der Waals surface area contributed by atoms with E-state index < -0.39 is 29.3 Å². The quantitative estimate of drug-likeness (QED) is 0.752. The summed E-state index contributed by atoms with van der Waals surface area (Å²) in [5.74, 6) is -0.230. The first-order valence-electron chi connectivity index (χ1n) is 7.11. The fourth-order valence-electron chi connectivity index (χ4n) is 1.77. The third kappa shape index (κ3) is 5.60. The molecule has 0 saturated heterocycles. The SMILES string of the molecule is O=C(CNc1ccc(C(F)(F)F)cn1)CNc1ccc(C(F)(F)F)cn1. The molecular formula is C15H12F6N4O. The minimum atomic E-state index is -4.50. The standard InChI is InChI=1S/C15H12F6N4O/c16-14(17,18)9-1-3-12(22-5-9)24-7-11(26)8-25-13-4-2-10(6-23-13)15(19,20)21/h1-6H,7-8H2,(H,22,24)(H,23,25). The van der Waals surface area contributed by atoms with Crippen molar-refractivity contribution in [1.82, 2.24) is 9.97 Å². The van der Waals surface area contributed by atoms with Gasteiger partial charge in [0.15, 0.2) is 5.78 Å². The molecule has 140 valence electrons. The van der Waals surface area contributed by atoms with Crippen molar-refractivity contribution in [1.29, 1.82) is 0 Å². The Morgan fingerprint density at radius 1 is 0.769 bits per heavy atom. The lowest BCUT2D eigenvalue weighted by molar-refractivity contribution is -0.138. The Hall–Kier alpha value is -2.85. The maximum atomic E-state index is 12.4. The zero-order valence-corrected chi connectivity index (χ0v) is 12.9. The molecular weight excluding hydrogens is 366 g/mol. The van der Waals surface area contributed by atoms with E-state index in [9.17, 15) is 31.1 Å². The number of hydrogen-bond acceptors (Lipinski definition) is 5. The molecule has 11 heteroatoms. The summed E-state index contributed by atoms with van der Waals surface area (Å²) in [4.78, 5) is 18.8. The first kappa shape index (κ1) is 19.5. The topological polar surface area (TPSA) is 66.9 Å². The zero-order chi connectivity index (χ0) is 19.4. The molecule has 0 bridgehead atoms. The molecule has 2 aromatic rings. The summed E-state index contributed by atoms with van der Waals surface area (Å²) in [7, 11) is 0. The molecule has 2 aromatic heterocycles. The van der Waals surface area contributed by atoms with Crippen molar-refractivity contribution in [2.24, 2.45) is 0 Å². The highest BCUT2D eigenvalue weighted by molar-refractivity contribution is 5.86. The molecule has 0 unspecified atom stereocenters. The van der Waals surface area contributed by atoms with Crippen molar-refractivity contribution in [2.45, 2.75) is 12.4 Å². The minimum absolute atomic E-state index is 0.0824. The Morgan fingerprint density at radius 3 is 1.42 bits per heavy atom. The highest BCUT2D eigenvalue weighted by Gasteiger charge is 2.31. The van der Waals surface area contributed by atoms with Crippen LogP contribution in [0.4, 0.5) is 38.0 Å². The van der Waals surface area contributed by atoms with E-state index in [-0.39, 0.29) is 24.7 Å². The minimum Gasteiger partial charge on any atom is -0.363 e. The molecule has 5 nitrogen and oxygen atoms in total. The van der Waals surface area contributed by atoms with E-state index in [0.717, 1.165) is 24.3 Å². The predicted octanol–water partition coefficient (Wildman–Crippen LogP) is 3.61. The van der Waals surface area contributed by atoms with Gasteiger partial charge in [-0.25, -0.2) is 9.97 Å². The summed E-state index contributed by atoms with van der Waals surface area (Å²) < 4.78 is 74.4. The summed E-state index contributed by atoms with van der Waals surface area (Å²) >= 11 is 0. The van der Waals surface area contributed by atoms with Crippen molar-refractivity contribution in [2.75, 3.05) is 23.7 Å². The number of alkyl halides is 6. The van der Waals surface area contributed by atoms with Gasteiger partial charge in [0.2, 0.25) is 0 Å². The van der Waals surface area contributed by atoms with Crippen LogP contribution in [0.2, 0.25) is 0 Å². The van der Waals surface area contributed by atoms with E-state index >= 15 is 0 Å². The molecule has 0 amide bonds. The maximum absolute atomic E-state index is 12.4. The van der Waals surface area contributed by atoms with Gasteiger partial charge in [-0.15, -0.1) is 0 Å². The van der Waals surface area contributed by atoms with Crippen molar-refractivity contribution in [3.05, 3.63) is 47.8 Å². The summed E-state index contributed by atoms with van der Waals surface area (Å²) in [6.45, 7) is -0.460. The largest absolute Gasteiger partial charge is 0.417 e. The molecule has 0 aliphatic rings. The average molecular weight is 378 g/mol. The average Bonchev–Trinajstić information content (AvgIpc) is 2.57. The molecule has 26 heavy (non-hydrogen) atoms. The molecule has 2 rings (SSSR count). The van der Waals surface area contributed by atoms with Crippen LogP contribution in [0.15, 0.2) is 36.7 Å². The highest BCUT2D eigenvalue weighted by atomic mass is 19.4. The number of hydrogen-bond donors (Lipinski definition) is 2. The normalized spacial score (nSPS) is 11.9. The Morgan fingerprint density at radius 2 is 1.15 bits per heavy atom.